The molecule has 10 nitrogen and oxygen atoms in total. The van der Waals surface area contributed by atoms with Crippen molar-refractivity contribution in [2.24, 2.45) is 0 Å². The lowest BCUT2D eigenvalue weighted by molar-refractivity contribution is -0.384. The van der Waals surface area contributed by atoms with Crippen LogP contribution >= 0.6 is 0 Å². The zero-order valence-electron chi connectivity index (χ0n) is 15.7. The van der Waals surface area contributed by atoms with Crippen molar-refractivity contribution < 1.29 is 24.4 Å². The summed E-state index contributed by atoms with van der Waals surface area (Å²) in [6, 6.07) is 10.4. The van der Waals surface area contributed by atoms with Crippen LogP contribution in [0.3, 0.4) is 0 Å². The number of urea groups is 1. The Labute approximate surface area is 170 Å². The van der Waals surface area contributed by atoms with Crippen molar-refractivity contribution in [2.45, 2.75) is 6.04 Å². The summed E-state index contributed by atoms with van der Waals surface area (Å²) in [4.78, 5) is 50.4. The maximum Gasteiger partial charge on any atom is 0.335 e. The third-order valence-corrected chi connectivity index (χ3v) is 5.18. The maximum atomic E-state index is 13.3. The van der Waals surface area contributed by atoms with Gasteiger partial charge < -0.3 is 15.3 Å². The Morgan fingerprint density at radius 2 is 1.93 bits per heavy atom. The highest BCUT2D eigenvalue weighted by Gasteiger charge is 2.43. The highest BCUT2D eigenvalue weighted by atomic mass is 16.6. The van der Waals surface area contributed by atoms with Crippen LogP contribution in [0.15, 0.2) is 59.8 Å². The van der Waals surface area contributed by atoms with Crippen LogP contribution in [0.1, 0.15) is 22.0 Å². The van der Waals surface area contributed by atoms with E-state index in [9.17, 15) is 29.6 Å². The van der Waals surface area contributed by atoms with E-state index in [1.807, 2.05) is 0 Å². The molecule has 0 saturated heterocycles. The number of carboxylic acid groups (broad SMARTS) is 1. The number of hydrogen-bond acceptors (Lipinski definition) is 5. The van der Waals surface area contributed by atoms with Crippen LogP contribution in [0, 0.1) is 10.1 Å². The molecule has 2 N–H and O–H groups in total. The quantitative estimate of drug-likeness (QED) is 0.589. The second-order valence-corrected chi connectivity index (χ2v) is 6.90. The zero-order chi connectivity index (χ0) is 21.6. The van der Waals surface area contributed by atoms with Gasteiger partial charge in [-0.3, -0.25) is 19.8 Å². The average Bonchev–Trinajstić information content (AvgIpc) is 3.08. The summed E-state index contributed by atoms with van der Waals surface area (Å²) >= 11 is 0. The van der Waals surface area contributed by atoms with Crippen molar-refractivity contribution in [3.63, 3.8) is 0 Å². The molecular weight excluding hydrogens is 392 g/mol. The van der Waals surface area contributed by atoms with Crippen LogP contribution in [0.5, 0.6) is 0 Å². The first-order valence-electron chi connectivity index (χ1n) is 8.94. The van der Waals surface area contributed by atoms with Gasteiger partial charge in [0.1, 0.15) is 0 Å². The summed E-state index contributed by atoms with van der Waals surface area (Å²) in [5, 5.41) is 23.1. The van der Waals surface area contributed by atoms with Gasteiger partial charge in [-0.1, -0.05) is 18.2 Å². The van der Waals surface area contributed by atoms with E-state index < -0.39 is 28.9 Å². The summed E-state index contributed by atoms with van der Waals surface area (Å²) in [6.07, 6.45) is 0. The smallest absolute Gasteiger partial charge is 0.335 e. The minimum atomic E-state index is -1.12. The number of amides is 3. The Balaban J connectivity index is 1.76. The van der Waals surface area contributed by atoms with Gasteiger partial charge in [-0.2, -0.15) is 0 Å². The number of nitrogens with one attached hydrogen (secondary N) is 1. The summed E-state index contributed by atoms with van der Waals surface area (Å²) in [5.74, 6) is -1.53. The van der Waals surface area contributed by atoms with E-state index >= 15 is 0 Å². The topological polar surface area (TPSA) is 133 Å². The van der Waals surface area contributed by atoms with E-state index in [4.69, 9.17) is 0 Å². The lowest BCUT2D eigenvalue weighted by Crippen LogP contribution is -2.45. The van der Waals surface area contributed by atoms with E-state index in [1.54, 1.807) is 12.1 Å². The molecule has 0 aliphatic carbocycles. The number of non-ortho nitro benzene ring substituents is 1. The van der Waals surface area contributed by atoms with Crippen LogP contribution in [0.4, 0.5) is 16.2 Å². The molecule has 10 heteroatoms. The third-order valence-electron chi connectivity index (χ3n) is 5.18. The van der Waals surface area contributed by atoms with Crippen molar-refractivity contribution in [1.29, 1.82) is 0 Å². The number of rotatable bonds is 4. The van der Waals surface area contributed by atoms with Crippen molar-refractivity contribution in [1.82, 2.24) is 10.2 Å². The van der Waals surface area contributed by atoms with Gasteiger partial charge in [-0.25, -0.2) is 9.59 Å². The zero-order valence-corrected chi connectivity index (χ0v) is 15.7. The molecule has 2 aromatic rings. The van der Waals surface area contributed by atoms with E-state index in [-0.39, 0.29) is 17.8 Å². The van der Waals surface area contributed by atoms with Crippen LogP contribution in [-0.4, -0.2) is 46.4 Å². The fourth-order valence-corrected chi connectivity index (χ4v) is 3.65. The van der Waals surface area contributed by atoms with Crippen molar-refractivity contribution >= 4 is 29.3 Å². The van der Waals surface area contributed by atoms with Crippen molar-refractivity contribution in [3.05, 3.63) is 81.0 Å². The molecule has 0 fully saturated rings. The number of likely N-dealkylation sites (N-methyl/N-ethyl adjacent to an activating group) is 1. The summed E-state index contributed by atoms with van der Waals surface area (Å²) in [7, 11) is 1.53. The fourth-order valence-electron chi connectivity index (χ4n) is 3.65. The Morgan fingerprint density at radius 3 is 2.63 bits per heavy atom. The van der Waals surface area contributed by atoms with Crippen LogP contribution in [0.2, 0.25) is 0 Å². The minimum Gasteiger partial charge on any atom is -0.478 e. The number of nitro groups is 1. The number of carbonyl (C=O) groups is 3. The van der Waals surface area contributed by atoms with Gasteiger partial charge in [0.2, 0.25) is 0 Å². The number of nitro benzene ring substituents is 1. The highest BCUT2D eigenvalue weighted by molar-refractivity contribution is 6.12. The molecule has 2 aromatic carbocycles. The lowest BCUT2D eigenvalue weighted by Gasteiger charge is -2.30. The van der Waals surface area contributed by atoms with Gasteiger partial charge in [0.05, 0.1) is 34.3 Å². The highest BCUT2D eigenvalue weighted by Crippen LogP contribution is 2.38. The van der Waals surface area contributed by atoms with Crippen LogP contribution in [0.25, 0.3) is 0 Å². The van der Waals surface area contributed by atoms with Crippen LogP contribution < -0.4 is 10.2 Å². The third kappa shape index (κ3) is 3.04. The molecule has 4 rings (SSSR count). The first kappa shape index (κ1) is 19.1. The molecule has 3 amide bonds. The van der Waals surface area contributed by atoms with Gasteiger partial charge in [-0.15, -0.1) is 0 Å². The number of benzene rings is 2. The summed E-state index contributed by atoms with van der Waals surface area (Å²) < 4.78 is 0. The number of aromatic carboxylic acids is 1. The van der Waals surface area contributed by atoms with E-state index in [0.717, 1.165) is 0 Å². The van der Waals surface area contributed by atoms with Crippen molar-refractivity contribution in [3.8, 4) is 0 Å². The molecule has 0 saturated carbocycles. The maximum absolute atomic E-state index is 13.3. The number of hydrogen-bond donors (Lipinski definition) is 2. The molecule has 1 atom stereocenters. The number of carboxylic acids is 1. The van der Waals surface area contributed by atoms with Gasteiger partial charge in [0, 0.05) is 24.9 Å². The van der Waals surface area contributed by atoms with Crippen molar-refractivity contribution in [2.75, 3.05) is 18.5 Å². The monoisotopic (exact) mass is 408 g/mol. The molecule has 30 heavy (non-hydrogen) atoms. The molecule has 2 heterocycles. The Hall–Kier alpha value is -4.21. The van der Waals surface area contributed by atoms with Gasteiger partial charge in [-0.05, 0) is 23.8 Å². The first-order chi connectivity index (χ1) is 14.3. The summed E-state index contributed by atoms with van der Waals surface area (Å²) in [5.41, 5.74) is 1.42. The Kier molecular flexibility index (Phi) is 4.46. The lowest BCUT2D eigenvalue weighted by atomic mass is 9.95. The molecular formula is C20H16N4O6. The van der Waals surface area contributed by atoms with Gasteiger partial charge >= 0.3 is 12.0 Å². The number of anilines is 1. The average molecular weight is 408 g/mol. The second-order valence-electron chi connectivity index (χ2n) is 6.90. The molecule has 0 spiro atoms. The minimum absolute atomic E-state index is 0.0305. The predicted molar refractivity (Wildman–Crippen MR) is 105 cm³/mol. The molecule has 0 aromatic heterocycles. The van der Waals surface area contributed by atoms with Crippen LogP contribution in [-0.2, 0) is 4.79 Å². The molecule has 0 radical (unpaired) electrons. The molecule has 2 aliphatic rings. The first-order valence-corrected chi connectivity index (χ1v) is 8.94. The van der Waals surface area contributed by atoms with Gasteiger partial charge in [0.15, 0.2) is 0 Å². The summed E-state index contributed by atoms with van der Waals surface area (Å²) in [6.45, 7) is 0.0760. The number of carbonyl (C=O) groups excluding carboxylic acids is 2. The standard InChI is InChI=1S/C20H16N4O6/c1-22-15-10-23(13-6-3-5-12(9-13)19(26)27)18(25)16(15)17(21-20(22)28)11-4-2-7-14(8-11)24(29)30/h2-9,17H,10H2,1H3,(H,21,28)(H,26,27)/t17-/m1/s1. The predicted octanol–water partition coefficient (Wildman–Crippen LogP) is 2.29. The van der Waals surface area contributed by atoms with E-state index in [2.05, 4.69) is 5.32 Å². The van der Waals surface area contributed by atoms with E-state index in [0.29, 0.717) is 22.5 Å². The molecule has 0 unspecified atom stereocenters. The fraction of sp³-hybridized carbons (Fsp3) is 0.150. The Bertz CT molecular complexity index is 1140. The van der Waals surface area contributed by atoms with E-state index in [1.165, 1.54) is 53.2 Å². The number of nitrogens with zero attached hydrogens (tertiary/aromatic N) is 3. The largest absolute Gasteiger partial charge is 0.478 e. The normalized spacial score (nSPS) is 18.4. The second kappa shape index (κ2) is 6.99. The SMILES string of the molecule is CN1C(=O)N[C@H](c2cccc([N+](=O)[O-])c2)C2=C1CN(c1cccc(C(=O)O)c1)C2=O. The molecule has 0 bridgehead atoms. The Morgan fingerprint density at radius 1 is 1.20 bits per heavy atom. The molecule has 2 aliphatic heterocycles. The van der Waals surface area contributed by atoms with Gasteiger partial charge in [0.25, 0.3) is 11.6 Å². The molecule has 152 valence electrons.